The Balaban J connectivity index is 1.59. The van der Waals surface area contributed by atoms with E-state index in [0.717, 1.165) is 35.5 Å². The highest BCUT2D eigenvalue weighted by molar-refractivity contribution is 5.91. The van der Waals surface area contributed by atoms with Crippen molar-refractivity contribution in [1.82, 2.24) is 0 Å². The summed E-state index contributed by atoms with van der Waals surface area (Å²) in [6.45, 7) is 5.45. The van der Waals surface area contributed by atoms with Crippen LogP contribution in [0.4, 0.5) is 0 Å². The van der Waals surface area contributed by atoms with Crippen molar-refractivity contribution in [1.29, 1.82) is 0 Å². The molecule has 0 amide bonds. The second-order valence-corrected chi connectivity index (χ2v) is 7.55. The molecule has 0 heterocycles. The van der Waals surface area contributed by atoms with Crippen LogP contribution in [0.2, 0.25) is 0 Å². The van der Waals surface area contributed by atoms with Crippen LogP contribution in [-0.2, 0) is 11.3 Å². The quantitative estimate of drug-likeness (QED) is 0.309. The van der Waals surface area contributed by atoms with Gasteiger partial charge >= 0.3 is 5.97 Å². The zero-order valence-corrected chi connectivity index (χ0v) is 17.1. The summed E-state index contributed by atoms with van der Waals surface area (Å²) in [5.41, 5.74) is 3.54. The van der Waals surface area contributed by atoms with Gasteiger partial charge in [0.1, 0.15) is 12.4 Å². The summed E-state index contributed by atoms with van der Waals surface area (Å²) in [4.78, 5) is 12.4. The number of carbonyl (C=O) groups excluding carboxylic acids is 1. The van der Waals surface area contributed by atoms with Gasteiger partial charge in [0.25, 0.3) is 0 Å². The Kier molecular flexibility index (Phi) is 7.46. The number of rotatable bonds is 9. The molecule has 3 rings (SSSR count). The molecule has 0 saturated carbocycles. The van der Waals surface area contributed by atoms with E-state index in [1.54, 1.807) is 6.07 Å². The SMILES string of the molecule is CC(C)CCCOc1ccc(-c2cccc(C(=O)OCc3ccccc3)c2)cc1. The van der Waals surface area contributed by atoms with Crippen LogP contribution in [0.3, 0.4) is 0 Å². The average Bonchev–Trinajstić information content (AvgIpc) is 2.76. The summed E-state index contributed by atoms with van der Waals surface area (Å²) < 4.78 is 11.2. The van der Waals surface area contributed by atoms with Gasteiger partial charge in [-0.15, -0.1) is 0 Å². The Morgan fingerprint density at radius 3 is 2.34 bits per heavy atom. The predicted octanol–water partition coefficient (Wildman–Crippen LogP) is 6.53. The predicted molar refractivity (Wildman–Crippen MR) is 117 cm³/mol. The molecule has 0 saturated heterocycles. The van der Waals surface area contributed by atoms with Crippen molar-refractivity contribution in [2.75, 3.05) is 6.61 Å². The molecule has 29 heavy (non-hydrogen) atoms. The summed E-state index contributed by atoms with van der Waals surface area (Å²) in [6.07, 6.45) is 2.23. The zero-order valence-electron chi connectivity index (χ0n) is 17.1. The van der Waals surface area contributed by atoms with Crippen LogP contribution in [0.5, 0.6) is 5.75 Å². The Bertz CT molecular complexity index is 899. The first-order valence-corrected chi connectivity index (χ1v) is 10.2. The molecule has 0 aromatic heterocycles. The smallest absolute Gasteiger partial charge is 0.338 e. The van der Waals surface area contributed by atoms with Crippen LogP contribution in [0.25, 0.3) is 11.1 Å². The molecule has 0 aliphatic heterocycles. The van der Waals surface area contributed by atoms with E-state index in [1.807, 2.05) is 72.8 Å². The maximum absolute atomic E-state index is 12.4. The minimum Gasteiger partial charge on any atom is -0.494 e. The highest BCUT2D eigenvalue weighted by Gasteiger charge is 2.09. The van der Waals surface area contributed by atoms with E-state index in [-0.39, 0.29) is 12.6 Å². The standard InChI is InChI=1S/C26H28O3/c1-20(2)8-7-17-28-25-15-13-22(14-16-25)23-11-6-12-24(18-23)26(27)29-19-21-9-4-3-5-10-21/h3-6,9-16,18,20H,7-8,17,19H2,1-2H3. The molecule has 0 atom stereocenters. The van der Waals surface area contributed by atoms with Gasteiger partial charge in [-0.3, -0.25) is 0 Å². The second kappa shape index (κ2) is 10.5. The van der Waals surface area contributed by atoms with Gasteiger partial charge in [-0.1, -0.05) is 68.4 Å². The van der Waals surface area contributed by atoms with Crippen molar-refractivity contribution < 1.29 is 14.3 Å². The van der Waals surface area contributed by atoms with E-state index in [4.69, 9.17) is 9.47 Å². The Morgan fingerprint density at radius 2 is 1.62 bits per heavy atom. The summed E-state index contributed by atoms with van der Waals surface area (Å²) in [6, 6.07) is 25.2. The molecule has 3 nitrogen and oxygen atoms in total. The number of ether oxygens (including phenoxy) is 2. The van der Waals surface area contributed by atoms with Crippen LogP contribution in [-0.4, -0.2) is 12.6 Å². The fraction of sp³-hybridized carbons (Fsp3) is 0.269. The van der Waals surface area contributed by atoms with Gasteiger partial charge in [-0.2, -0.15) is 0 Å². The summed E-state index contributed by atoms with van der Waals surface area (Å²) in [7, 11) is 0. The van der Waals surface area contributed by atoms with Crippen molar-refractivity contribution >= 4 is 5.97 Å². The number of benzene rings is 3. The Hall–Kier alpha value is -3.07. The van der Waals surface area contributed by atoms with Crippen molar-refractivity contribution in [3.05, 3.63) is 90.0 Å². The third-order valence-electron chi connectivity index (χ3n) is 4.69. The minimum absolute atomic E-state index is 0.271. The molecular formula is C26H28O3. The molecular weight excluding hydrogens is 360 g/mol. The van der Waals surface area contributed by atoms with Gasteiger partial charge < -0.3 is 9.47 Å². The lowest BCUT2D eigenvalue weighted by Crippen LogP contribution is -2.05. The average molecular weight is 389 g/mol. The molecule has 3 aromatic rings. The molecule has 150 valence electrons. The van der Waals surface area contributed by atoms with E-state index in [0.29, 0.717) is 11.5 Å². The molecule has 0 unspecified atom stereocenters. The molecule has 0 fully saturated rings. The van der Waals surface area contributed by atoms with Crippen molar-refractivity contribution in [2.24, 2.45) is 5.92 Å². The molecule has 0 bridgehead atoms. The first-order chi connectivity index (χ1) is 14.1. The highest BCUT2D eigenvalue weighted by atomic mass is 16.5. The molecule has 0 spiro atoms. The van der Waals surface area contributed by atoms with Crippen LogP contribution < -0.4 is 4.74 Å². The fourth-order valence-electron chi connectivity index (χ4n) is 3.06. The first-order valence-electron chi connectivity index (χ1n) is 10.2. The summed E-state index contributed by atoms with van der Waals surface area (Å²) >= 11 is 0. The monoisotopic (exact) mass is 388 g/mol. The van der Waals surface area contributed by atoms with Crippen molar-refractivity contribution in [3.63, 3.8) is 0 Å². The lowest BCUT2D eigenvalue weighted by molar-refractivity contribution is 0.0473. The number of hydrogen-bond donors (Lipinski definition) is 0. The van der Waals surface area contributed by atoms with E-state index in [2.05, 4.69) is 13.8 Å². The van der Waals surface area contributed by atoms with Gasteiger partial charge in [0.15, 0.2) is 0 Å². The number of esters is 1. The van der Waals surface area contributed by atoms with Crippen LogP contribution in [0.1, 0.15) is 42.6 Å². The second-order valence-electron chi connectivity index (χ2n) is 7.55. The molecule has 0 N–H and O–H groups in total. The first kappa shape index (κ1) is 20.7. The van der Waals surface area contributed by atoms with Crippen LogP contribution in [0.15, 0.2) is 78.9 Å². The number of hydrogen-bond acceptors (Lipinski definition) is 3. The normalized spacial score (nSPS) is 10.7. The maximum atomic E-state index is 12.4. The maximum Gasteiger partial charge on any atom is 0.338 e. The van der Waals surface area contributed by atoms with E-state index in [9.17, 15) is 4.79 Å². The molecule has 0 radical (unpaired) electrons. The zero-order chi connectivity index (χ0) is 20.5. The summed E-state index contributed by atoms with van der Waals surface area (Å²) in [5, 5.41) is 0. The largest absolute Gasteiger partial charge is 0.494 e. The molecule has 3 aromatic carbocycles. The van der Waals surface area contributed by atoms with E-state index in [1.165, 1.54) is 6.42 Å². The molecule has 3 heteroatoms. The lowest BCUT2D eigenvalue weighted by atomic mass is 10.0. The van der Waals surface area contributed by atoms with Crippen molar-refractivity contribution in [2.45, 2.75) is 33.3 Å². The third-order valence-corrected chi connectivity index (χ3v) is 4.69. The van der Waals surface area contributed by atoms with Gasteiger partial charge in [0.2, 0.25) is 0 Å². The van der Waals surface area contributed by atoms with Gasteiger partial charge in [-0.05, 0) is 59.7 Å². The summed E-state index contributed by atoms with van der Waals surface area (Å²) in [5.74, 6) is 1.25. The number of carbonyl (C=O) groups is 1. The lowest BCUT2D eigenvalue weighted by Gasteiger charge is -2.09. The fourth-order valence-corrected chi connectivity index (χ4v) is 3.06. The van der Waals surface area contributed by atoms with Gasteiger partial charge in [0.05, 0.1) is 12.2 Å². The topological polar surface area (TPSA) is 35.5 Å². The minimum atomic E-state index is -0.319. The third kappa shape index (κ3) is 6.49. The van der Waals surface area contributed by atoms with Gasteiger partial charge in [0, 0.05) is 0 Å². The van der Waals surface area contributed by atoms with Gasteiger partial charge in [-0.25, -0.2) is 4.79 Å². The molecule has 0 aliphatic carbocycles. The van der Waals surface area contributed by atoms with Crippen molar-refractivity contribution in [3.8, 4) is 16.9 Å². The highest BCUT2D eigenvalue weighted by Crippen LogP contribution is 2.24. The van der Waals surface area contributed by atoms with Crippen LogP contribution >= 0.6 is 0 Å². The van der Waals surface area contributed by atoms with E-state index >= 15 is 0 Å². The van der Waals surface area contributed by atoms with E-state index < -0.39 is 0 Å². The Morgan fingerprint density at radius 1 is 0.862 bits per heavy atom. The van der Waals surface area contributed by atoms with Crippen LogP contribution in [0, 0.1) is 5.92 Å². The Labute approximate surface area is 173 Å². The molecule has 0 aliphatic rings.